The summed E-state index contributed by atoms with van der Waals surface area (Å²) < 4.78 is 0. The molecule has 0 aromatic carbocycles. The molecule has 58 valence electrons. The quantitative estimate of drug-likeness (QED) is 0.584. The first-order chi connectivity index (χ1) is 4.74. The molecule has 0 aromatic heterocycles. The lowest BCUT2D eigenvalue weighted by Gasteiger charge is -2.38. The Kier molecular flexibility index (Phi) is 2.27. The van der Waals surface area contributed by atoms with Gasteiger partial charge in [0.25, 0.3) is 0 Å². The summed E-state index contributed by atoms with van der Waals surface area (Å²) in [6, 6.07) is 0. The van der Waals surface area contributed by atoms with E-state index in [1.54, 1.807) is 11.8 Å². The van der Waals surface area contributed by atoms with Gasteiger partial charge in [-0.1, -0.05) is 0 Å². The number of likely N-dealkylation sites (tertiary alicyclic amines) is 1. The summed E-state index contributed by atoms with van der Waals surface area (Å²) in [6.07, 6.45) is 0.837. The van der Waals surface area contributed by atoms with Gasteiger partial charge in [0.05, 0.1) is 0 Å². The lowest BCUT2D eigenvalue weighted by molar-refractivity contribution is -0.135. The number of hydrogen-bond acceptors (Lipinski definition) is 2. The molecule has 0 aliphatic carbocycles. The zero-order valence-corrected chi connectivity index (χ0v) is 6.21. The predicted octanol–water partition coefficient (Wildman–Crippen LogP) is -0.153. The van der Waals surface area contributed by atoms with Crippen molar-refractivity contribution in [3.63, 3.8) is 0 Å². The molecule has 3 nitrogen and oxygen atoms in total. The highest BCUT2D eigenvalue weighted by molar-refractivity contribution is 5.74. The summed E-state index contributed by atoms with van der Waals surface area (Å²) >= 11 is 0. The minimum absolute atomic E-state index is 0.147. The van der Waals surface area contributed by atoms with Gasteiger partial charge in [-0.05, 0) is 12.3 Å². The van der Waals surface area contributed by atoms with Gasteiger partial charge in [0.15, 0.2) is 0 Å². The van der Waals surface area contributed by atoms with Gasteiger partial charge < -0.3 is 10.0 Å². The number of aliphatic hydroxyl groups is 1. The predicted molar refractivity (Wildman–Crippen MR) is 37.4 cm³/mol. The first-order valence-corrected chi connectivity index (χ1v) is 3.60. The Balaban J connectivity index is 2.12. The van der Waals surface area contributed by atoms with Crippen LogP contribution in [0.5, 0.6) is 0 Å². The average molecular weight is 143 g/mol. The number of hydrogen-bond donors (Lipinski definition) is 1. The summed E-state index contributed by atoms with van der Waals surface area (Å²) in [5.74, 6) is 0.697. The Hall–Kier alpha value is -0.570. The monoisotopic (exact) mass is 143 g/mol. The second kappa shape index (κ2) is 3.01. The number of carbonyl (C=O) groups is 1. The lowest BCUT2D eigenvalue weighted by atomic mass is 9.97. The highest BCUT2D eigenvalue weighted by atomic mass is 16.3. The molecule has 1 amide bonds. The number of rotatable bonds is 2. The van der Waals surface area contributed by atoms with Crippen LogP contribution >= 0.6 is 0 Å². The van der Waals surface area contributed by atoms with Crippen molar-refractivity contribution in [3.05, 3.63) is 0 Å². The molecule has 1 aliphatic rings. The van der Waals surface area contributed by atoms with Crippen LogP contribution in [0.4, 0.5) is 0 Å². The number of nitrogens with zero attached hydrogens (tertiary/aromatic N) is 1. The zero-order valence-electron chi connectivity index (χ0n) is 6.21. The van der Waals surface area contributed by atoms with Crippen molar-refractivity contribution in [3.8, 4) is 0 Å². The molecule has 1 fully saturated rings. The molecule has 10 heavy (non-hydrogen) atoms. The fraction of sp³-hybridized carbons (Fsp3) is 0.857. The van der Waals surface area contributed by atoms with E-state index in [4.69, 9.17) is 5.11 Å². The van der Waals surface area contributed by atoms with Crippen LogP contribution in [0.3, 0.4) is 0 Å². The van der Waals surface area contributed by atoms with Gasteiger partial charge in [-0.15, -0.1) is 0 Å². The maximum absolute atomic E-state index is 10.6. The second-order valence-corrected chi connectivity index (χ2v) is 2.80. The standard InChI is InChI=1S/C7H13NO2/c1-6(10)8-4-7(5-8)2-3-9/h7,9H,2-5H2,1H3. The molecule has 0 saturated carbocycles. The Morgan fingerprint density at radius 3 is 2.70 bits per heavy atom. The van der Waals surface area contributed by atoms with Gasteiger partial charge in [-0.3, -0.25) is 4.79 Å². The normalized spacial score (nSPS) is 18.8. The van der Waals surface area contributed by atoms with E-state index in [0.29, 0.717) is 5.92 Å². The van der Waals surface area contributed by atoms with Crippen LogP contribution in [0.1, 0.15) is 13.3 Å². The maximum Gasteiger partial charge on any atom is 0.219 e. The summed E-state index contributed by atoms with van der Waals surface area (Å²) in [6.45, 7) is 3.51. The molecule has 1 saturated heterocycles. The van der Waals surface area contributed by atoms with E-state index in [0.717, 1.165) is 19.5 Å². The fourth-order valence-corrected chi connectivity index (χ4v) is 1.19. The highest BCUT2D eigenvalue weighted by Crippen LogP contribution is 2.17. The summed E-state index contributed by atoms with van der Waals surface area (Å²) in [5, 5.41) is 8.52. The molecular formula is C7H13NO2. The van der Waals surface area contributed by atoms with Crippen LogP contribution in [-0.2, 0) is 4.79 Å². The Morgan fingerprint density at radius 2 is 2.30 bits per heavy atom. The molecule has 1 N–H and O–H groups in total. The number of amides is 1. The SMILES string of the molecule is CC(=O)N1CC(CCO)C1. The highest BCUT2D eigenvalue weighted by Gasteiger charge is 2.27. The molecule has 0 aromatic rings. The maximum atomic E-state index is 10.6. The van der Waals surface area contributed by atoms with Crippen molar-refractivity contribution in [2.24, 2.45) is 5.92 Å². The Morgan fingerprint density at radius 1 is 1.70 bits per heavy atom. The van der Waals surface area contributed by atoms with Gasteiger partial charge in [0.2, 0.25) is 5.91 Å². The van der Waals surface area contributed by atoms with E-state index >= 15 is 0 Å². The molecule has 0 atom stereocenters. The van der Waals surface area contributed by atoms with E-state index < -0.39 is 0 Å². The number of aliphatic hydroxyl groups excluding tert-OH is 1. The largest absolute Gasteiger partial charge is 0.396 e. The van der Waals surface area contributed by atoms with Crippen molar-refractivity contribution >= 4 is 5.91 Å². The third-order valence-electron chi connectivity index (χ3n) is 1.94. The van der Waals surface area contributed by atoms with Crippen LogP contribution in [0.15, 0.2) is 0 Å². The molecule has 1 aliphatic heterocycles. The van der Waals surface area contributed by atoms with Crippen molar-refractivity contribution in [1.29, 1.82) is 0 Å². The summed E-state index contributed by atoms with van der Waals surface area (Å²) in [7, 11) is 0. The number of carbonyl (C=O) groups excluding carboxylic acids is 1. The topological polar surface area (TPSA) is 40.5 Å². The first-order valence-electron chi connectivity index (χ1n) is 3.60. The van der Waals surface area contributed by atoms with Crippen LogP contribution in [-0.4, -0.2) is 35.6 Å². The minimum Gasteiger partial charge on any atom is -0.396 e. The van der Waals surface area contributed by atoms with Gasteiger partial charge in [0, 0.05) is 26.6 Å². The third-order valence-corrected chi connectivity index (χ3v) is 1.94. The fourth-order valence-electron chi connectivity index (χ4n) is 1.19. The van der Waals surface area contributed by atoms with Crippen LogP contribution < -0.4 is 0 Å². The second-order valence-electron chi connectivity index (χ2n) is 2.80. The first kappa shape index (κ1) is 7.54. The smallest absolute Gasteiger partial charge is 0.219 e. The van der Waals surface area contributed by atoms with Crippen molar-refractivity contribution in [2.45, 2.75) is 13.3 Å². The van der Waals surface area contributed by atoms with Crippen LogP contribution in [0.2, 0.25) is 0 Å². The van der Waals surface area contributed by atoms with Crippen LogP contribution in [0, 0.1) is 5.92 Å². The van der Waals surface area contributed by atoms with E-state index in [1.165, 1.54) is 0 Å². The van der Waals surface area contributed by atoms with Gasteiger partial charge in [-0.2, -0.15) is 0 Å². The van der Waals surface area contributed by atoms with Gasteiger partial charge in [0.1, 0.15) is 0 Å². The van der Waals surface area contributed by atoms with Gasteiger partial charge in [-0.25, -0.2) is 0 Å². The van der Waals surface area contributed by atoms with Crippen molar-refractivity contribution in [2.75, 3.05) is 19.7 Å². The van der Waals surface area contributed by atoms with Crippen molar-refractivity contribution < 1.29 is 9.90 Å². The lowest BCUT2D eigenvalue weighted by Crippen LogP contribution is -2.49. The minimum atomic E-state index is 0.147. The average Bonchev–Trinajstić information content (AvgIpc) is 1.76. The van der Waals surface area contributed by atoms with Crippen LogP contribution in [0.25, 0.3) is 0 Å². The van der Waals surface area contributed by atoms with E-state index in [9.17, 15) is 4.79 Å². The zero-order chi connectivity index (χ0) is 7.56. The molecule has 0 spiro atoms. The molecule has 3 heteroatoms. The Labute approximate surface area is 60.6 Å². The summed E-state index contributed by atoms with van der Waals surface area (Å²) in [5.41, 5.74) is 0. The Bertz CT molecular complexity index is 130. The van der Waals surface area contributed by atoms with E-state index in [1.807, 2.05) is 0 Å². The molecular weight excluding hydrogens is 130 g/mol. The van der Waals surface area contributed by atoms with Crippen molar-refractivity contribution in [1.82, 2.24) is 4.90 Å². The molecule has 1 rings (SSSR count). The molecule has 1 heterocycles. The molecule has 0 bridgehead atoms. The van der Waals surface area contributed by atoms with E-state index in [-0.39, 0.29) is 12.5 Å². The third kappa shape index (κ3) is 1.48. The molecule has 0 unspecified atom stereocenters. The van der Waals surface area contributed by atoms with Gasteiger partial charge >= 0.3 is 0 Å². The summed E-state index contributed by atoms with van der Waals surface area (Å²) in [4.78, 5) is 12.4. The molecule has 0 radical (unpaired) electrons. The van der Waals surface area contributed by atoms with E-state index in [2.05, 4.69) is 0 Å².